The molecule has 124 valence electrons. The van der Waals surface area contributed by atoms with Gasteiger partial charge in [-0.1, -0.05) is 18.6 Å². The van der Waals surface area contributed by atoms with Crippen LogP contribution < -0.4 is 4.74 Å². The Morgan fingerprint density at radius 1 is 1.32 bits per heavy atom. The largest absolute Gasteiger partial charge is 0.496 e. The van der Waals surface area contributed by atoms with E-state index < -0.39 is 12.1 Å². The topological polar surface area (TPSA) is 70.0 Å². The van der Waals surface area contributed by atoms with Crippen molar-refractivity contribution in [3.63, 3.8) is 0 Å². The zero-order chi connectivity index (χ0) is 16.5. The highest BCUT2D eigenvalue weighted by molar-refractivity contribution is 5.66. The molecule has 5 heteroatoms. The molecular weight excluding hydrogens is 282 g/mol. The number of rotatable bonds is 10. The summed E-state index contributed by atoms with van der Waals surface area (Å²) in [5.41, 5.74) is 1.86. The first-order valence-electron chi connectivity index (χ1n) is 7.74. The molecule has 0 spiro atoms. The van der Waals surface area contributed by atoms with Gasteiger partial charge in [0.1, 0.15) is 5.75 Å². The van der Waals surface area contributed by atoms with Crippen molar-refractivity contribution in [1.29, 1.82) is 0 Å². The molecule has 0 radical (unpaired) electrons. The Balaban J connectivity index is 2.64. The number of carboxylic acid groups (broad SMARTS) is 1. The fourth-order valence-corrected chi connectivity index (χ4v) is 2.48. The monoisotopic (exact) mass is 309 g/mol. The van der Waals surface area contributed by atoms with Crippen molar-refractivity contribution in [2.45, 2.75) is 39.2 Å². The van der Waals surface area contributed by atoms with Crippen molar-refractivity contribution >= 4 is 5.97 Å². The minimum absolute atomic E-state index is 0.129. The number of methoxy groups -OCH3 is 1. The zero-order valence-corrected chi connectivity index (χ0v) is 13.7. The molecule has 1 aromatic carbocycles. The van der Waals surface area contributed by atoms with Crippen LogP contribution in [0.15, 0.2) is 18.2 Å². The third kappa shape index (κ3) is 6.03. The zero-order valence-electron chi connectivity index (χ0n) is 13.7. The molecule has 1 unspecified atom stereocenters. The number of hydrogen-bond acceptors (Lipinski definition) is 4. The van der Waals surface area contributed by atoms with Gasteiger partial charge in [0.2, 0.25) is 0 Å². The van der Waals surface area contributed by atoms with Crippen molar-refractivity contribution in [1.82, 2.24) is 4.90 Å². The number of carboxylic acids is 1. The van der Waals surface area contributed by atoms with Crippen LogP contribution in [0.1, 0.15) is 43.4 Å². The Morgan fingerprint density at radius 3 is 2.64 bits per heavy atom. The van der Waals surface area contributed by atoms with E-state index in [9.17, 15) is 9.90 Å². The van der Waals surface area contributed by atoms with E-state index in [1.807, 2.05) is 25.1 Å². The van der Waals surface area contributed by atoms with Crippen LogP contribution in [0.2, 0.25) is 0 Å². The van der Waals surface area contributed by atoms with Crippen LogP contribution in [-0.4, -0.2) is 47.8 Å². The lowest BCUT2D eigenvalue weighted by molar-refractivity contribution is -0.137. The first-order valence-corrected chi connectivity index (χ1v) is 7.74. The number of aliphatic hydroxyl groups is 1. The number of ether oxygens (including phenoxy) is 1. The number of aliphatic carboxylic acids is 1. The summed E-state index contributed by atoms with van der Waals surface area (Å²) >= 11 is 0. The Bertz CT molecular complexity index is 476. The molecule has 0 aliphatic carbocycles. The highest BCUT2D eigenvalue weighted by Gasteiger charge is 2.15. The highest BCUT2D eigenvalue weighted by atomic mass is 16.5. The maximum Gasteiger partial charge on any atom is 0.304 e. The van der Waals surface area contributed by atoms with Crippen LogP contribution >= 0.6 is 0 Å². The molecular formula is C17H27NO4. The third-order valence-corrected chi connectivity index (χ3v) is 3.64. The maximum absolute atomic E-state index is 10.7. The van der Waals surface area contributed by atoms with Crippen molar-refractivity contribution in [2.24, 2.45) is 0 Å². The molecule has 0 bridgehead atoms. The van der Waals surface area contributed by atoms with Gasteiger partial charge in [0.25, 0.3) is 0 Å². The molecule has 0 heterocycles. The Kier molecular flexibility index (Phi) is 7.91. The second-order valence-electron chi connectivity index (χ2n) is 5.54. The fraction of sp³-hybridized carbons (Fsp3) is 0.588. The lowest BCUT2D eigenvalue weighted by Crippen LogP contribution is -2.29. The molecule has 0 aromatic heterocycles. The van der Waals surface area contributed by atoms with Crippen LogP contribution in [0.5, 0.6) is 5.75 Å². The van der Waals surface area contributed by atoms with E-state index >= 15 is 0 Å². The summed E-state index contributed by atoms with van der Waals surface area (Å²) < 4.78 is 5.30. The minimum Gasteiger partial charge on any atom is -0.496 e. The second kappa shape index (κ2) is 9.43. The molecule has 1 aromatic rings. The van der Waals surface area contributed by atoms with E-state index in [0.717, 1.165) is 24.1 Å². The summed E-state index contributed by atoms with van der Waals surface area (Å²) in [6.07, 6.45) is 1.03. The van der Waals surface area contributed by atoms with Gasteiger partial charge < -0.3 is 19.8 Å². The average molecular weight is 309 g/mol. The van der Waals surface area contributed by atoms with Gasteiger partial charge in [-0.15, -0.1) is 0 Å². The van der Waals surface area contributed by atoms with E-state index in [4.69, 9.17) is 9.84 Å². The number of carbonyl (C=O) groups is 1. The van der Waals surface area contributed by atoms with E-state index in [2.05, 4.69) is 11.8 Å². The van der Waals surface area contributed by atoms with Gasteiger partial charge >= 0.3 is 5.97 Å². The SMILES string of the molecule is CCCN(CCC(=O)O)CCC(O)c1cc(C)ccc1OC. The van der Waals surface area contributed by atoms with Gasteiger partial charge in [-0.05, 0) is 38.4 Å². The predicted molar refractivity (Wildman–Crippen MR) is 86.3 cm³/mol. The quantitative estimate of drug-likeness (QED) is 0.695. The number of nitrogens with zero attached hydrogens (tertiary/aromatic N) is 1. The summed E-state index contributed by atoms with van der Waals surface area (Å²) in [6.45, 7) is 6.06. The van der Waals surface area contributed by atoms with Gasteiger partial charge in [0.15, 0.2) is 0 Å². The molecule has 1 rings (SSSR count). The van der Waals surface area contributed by atoms with Crippen LogP contribution in [0.4, 0.5) is 0 Å². The van der Waals surface area contributed by atoms with Crippen molar-refractivity contribution < 1.29 is 19.7 Å². The lowest BCUT2D eigenvalue weighted by atomic mass is 10.0. The summed E-state index contributed by atoms with van der Waals surface area (Å²) in [4.78, 5) is 12.8. The predicted octanol–water partition coefficient (Wildman–Crippen LogP) is 2.61. The normalized spacial score (nSPS) is 12.4. The summed E-state index contributed by atoms with van der Waals surface area (Å²) in [7, 11) is 1.59. The van der Waals surface area contributed by atoms with E-state index in [1.165, 1.54) is 0 Å². The lowest BCUT2D eigenvalue weighted by Gasteiger charge is -2.23. The van der Waals surface area contributed by atoms with E-state index in [1.54, 1.807) is 7.11 Å². The molecule has 0 fully saturated rings. The summed E-state index contributed by atoms with van der Waals surface area (Å²) in [6, 6.07) is 5.75. The Labute approximate surface area is 132 Å². The van der Waals surface area contributed by atoms with Crippen LogP contribution in [0, 0.1) is 6.92 Å². The Morgan fingerprint density at radius 2 is 2.05 bits per heavy atom. The smallest absolute Gasteiger partial charge is 0.304 e. The molecule has 0 saturated carbocycles. The van der Waals surface area contributed by atoms with Crippen LogP contribution in [-0.2, 0) is 4.79 Å². The van der Waals surface area contributed by atoms with Crippen molar-refractivity contribution in [3.05, 3.63) is 29.3 Å². The summed E-state index contributed by atoms with van der Waals surface area (Å²) in [5, 5.41) is 19.2. The van der Waals surface area contributed by atoms with Crippen LogP contribution in [0.3, 0.4) is 0 Å². The first-order chi connectivity index (χ1) is 10.5. The van der Waals surface area contributed by atoms with Gasteiger partial charge in [-0.2, -0.15) is 0 Å². The standard InChI is InChI=1S/C17H27NO4/c1-4-9-18(11-8-17(20)21)10-7-15(19)14-12-13(2)5-6-16(14)22-3/h5-6,12,15,19H,4,7-11H2,1-3H3,(H,20,21). The molecule has 0 saturated heterocycles. The molecule has 5 nitrogen and oxygen atoms in total. The van der Waals surface area contributed by atoms with Crippen molar-refractivity contribution in [2.75, 3.05) is 26.7 Å². The number of hydrogen-bond donors (Lipinski definition) is 2. The highest BCUT2D eigenvalue weighted by Crippen LogP contribution is 2.28. The molecule has 22 heavy (non-hydrogen) atoms. The van der Waals surface area contributed by atoms with E-state index in [-0.39, 0.29) is 6.42 Å². The minimum atomic E-state index is -0.790. The van der Waals surface area contributed by atoms with Gasteiger partial charge in [0, 0.05) is 18.7 Å². The number of aliphatic hydroxyl groups excluding tert-OH is 1. The van der Waals surface area contributed by atoms with E-state index in [0.29, 0.717) is 25.3 Å². The molecule has 0 aliphatic heterocycles. The number of aryl methyl sites for hydroxylation is 1. The maximum atomic E-state index is 10.7. The second-order valence-corrected chi connectivity index (χ2v) is 5.54. The number of benzene rings is 1. The molecule has 2 N–H and O–H groups in total. The molecule has 0 aliphatic rings. The average Bonchev–Trinajstić information content (AvgIpc) is 2.49. The van der Waals surface area contributed by atoms with Crippen LogP contribution in [0.25, 0.3) is 0 Å². The fourth-order valence-electron chi connectivity index (χ4n) is 2.48. The Hall–Kier alpha value is -1.59. The van der Waals surface area contributed by atoms with Gasteiger partial charge in [-0.25, -0.2) is 0 Å². The van der Waals surface area contributed by atoms with Crippen molar-refractivity contribution in [3.8, 4) is 5.75 Å². The molecule has 0 amide bonds. The first kappa shape index (κ1) is 18.5. The third-order valence-electron chi connectivity index (χ3n) is 3.64. The molecule has 1 atom stereocenters. The van der Waals surface area contributed by atoms with Gasteiger partial charge in [-0.3, -0.25) is 4.79 Å². The van der Waals surface area contributed by atoms with Gasteiger partial charge in [0.05, 0.1) is 19.6 Å². The summed E-state index contributed by atoms with van der Waals surface area (Å²) in [5.74, 6) is -0.104.